The monoisotopic (exact) mass is 401 g/mol. The van der Waals surface area contributed by atoms with Crippen molar-refractivity contribution in [3.63, 3.8) is 0 Å². The van der Waals surface area contributed by atoms with E-state index >= 15 is 0 Å². The Morgan fingerprint density at radius 2 is 2.11 bits per heavy atom. The van der Waals surface area contributed by atoms with Gasteiger partial charge in [0.15, 0.2) is 0 Å². The lowest BCUT2D eigenvalue weighted by molar-refractivity contribution is -0.384. The van der Waals surface area contributed by atoms with Crippen LogP contribution in [-0.4, -0.2) is 33.8 Å². The molecule has 1 atom stereocenters. The number of aromatic nitrogens is 1. The Hall–Kier alpha value is -2.51. The van der Waals surface area contributed by atoms with Crippen LogP contribution in [-0.2, 0) is 0 Å². The molecule has 1 aromatic heterocycles. The molecule has 0 N–H and O–H groups in total. The SMILES string of the molecule is O=C(c1ccc(Cl)c([N+](=O)[O-])c1)N1CCC[C@@H](c2nc3ccccc3s2)C1. The number of thiazole rings is 1. The molecule has 0 bridgehead atoms. The van der Waals surface area contributed by atoms with E-state index in [1.54, 1.807) is 22.3 Å². The summed E-state index contributed by atoms with van der Waals surface area (Å²) in [6.45, 7) is 1.20. The fraction of sp³-hybridized carbons (Fsp3) is 0.263. The van der Waals surface area contributed by atoms with Crippen molar-refractivity contribution in [2.75, 3.05) is 13.1 Å². The summed E-state index contributed by atoms with van der Waals surface area (Å²) in [5, 5.41) is 12.2. The molecule has 3 aromatic rings. The van der Waals surface area contributed by atoms with Crippen LogP contribution in [0.3, 0.4) is 0 Å². The first-order valence-electron chi connectivity index (χ1n) is 8.61. The molecular weight excluding hydrogens is 386 g/mol. The summed E-state index contributed by atoms with van der Waals surface area (Å²) < 4.78 is 1.14. The molecule has 0 aliphatic carbocycles. The molecule has 1 amide bonds. The average Bonchev–Trinajstić information content (AvgIpc) is 3.12. The Morgan fingerprint density at radius 1 is 1.30 bits per heavy atom. The molecule has 2 aromatic carbocycles. The van der Waals surface area contributed by atoms with Crippen LogP contribution in [0.15, 0.2) is 42.5 Å². The van der Waals surface area contributed by atoms with Gasteiger partial charge in [0.05, 0.1) is 20.1 Å². The normalized spacial score (nSPS) is 17.2. The maximum atomic E-state index is 12.9. The van der Waals surface area contributed by atoms with Gasteiger partial charge in [-0.2, -0.15) is 0 Å². The topological polar surface area (TPSA) is 76.3 Å². The molecule has 0 spiro atoms. The van der Waals surface area contributed by atoms with E-state index in [4.69, 9.17) is 16.6 Å². The maximum Gasteiger partial charge on any atom is 0.288 e. The third-order valence-electron chi connectivity index (χ3n) is 4.76. The van der Waals surface area contributed by atoms with Crippen LogP contribution in [0.2, 0.25) is 5.02 Å². The van der Waals surface area contributed by atoms with Crippen molar-refractivity contribution in [1.29, 1.82) is 0 Å². The molecule has 1 aliphatic rings. The third-order valence-corrected chi connectivity index (χ3v) is 6.28. The zero-order valence-corrected chi connectivity index (χ0v) is 15.9. The molecule has 0 unspecified atom stereocenters. The Bertz CT molecular complexity index is 1000. The number of para-hydroxylation sites is 1. The van der Waals surface area contributed by atoms with Crippen molar-refractivity contribution in [1.82, 2.24) is 9.88 Å². The van der Waals surface area contributed by atoms with Crippen LogP contribution in [0.4, 0.5) is 5.69 Å². The number of benzene rings is 2. The van der Waals surface area contributed by atoms with Gasteiger partial charge in [0, 0.05) is 30.6 Å². The molecule has 0 radical (unpaired) electrons. The maximum absolute atomic E-state index is 12.9. The number of nitro groups is 1. The predicted octanol–water partition coefficient (Wildman–Crippen LogP) is 4.88. The van der Waals surface area contributed by atoms with E-state index in [-0.39, 0.29) is 28.1 Å². The van der Waals surface area contributed by atoms with Crippen molar-refractivity contribution in [2.24, 2.45) is 0 Å². The lowest BCUT2D eigenvalue weighted by atomic mass is 9.98. The van der Waals surface area contributed by atoms with Crippen molar-refractivity contribution in [2.45, 2.75) is 18.8 Å². The number of hydrogen-bond acceptors (Lipinski definition) is 5. The summed E-state index contributed by atoms with van der Waals surface area (Å²) in [6, 6.07) is 12.2. The van der Waals surface area contributed by atoms with Gasteiger partial charge in [0.2, 0.25) is 0 Å². The Labute approximate surface area is 164 Å². The van der Waals surface area contributed by atoms with Gasteiger partial charge in [0.25, 0.3) is 11.6 Å². The van der Waals surface area contributed by atoms with Crippen LogP contribution in [0, 0.1) is 10.1 Å². The number of hydrogen-bond donors (Lipinski definition) is 0. The zero-order valence-electron chi connectivity index (χ0n) is 14.3. The van der Waals surface area contributed by atoms with Gasteiger partial charge in [-0.1, -0.05) is 23.7 Å². The van der Waals surface area contributed by atoms with Crippen LogP contribution in [0.25, 0.3) is 10.2 Å². The number of nitro benzene ring substituents is 1. The summed E-state index contributed by atoms with van der Waals surface area (Å²) in [7, 11) is 0. The molecule has 0 saturated carbocycles. The van der Waals surface area contributed by atoms with E-state index in [9.17, 15) is 14.9 Å². The van der Waals surface area contributed by atoms with E-state index in [0.717, 1.165) is 28.1 Å². The number of rotatable bonds is 3. The van der Waals surface area contributed by atoms with Gasteiger partial charge in [-0.15, -0.1) is 11.3 Å². The quantitative estimate of drug-likeness (QED) is 0.463. The van der Waals surface area contributed by atoms with Crippen LogP contribution in [0.5, 0.6) is 0 Å². The highest BCUT2D eigenvalue weighted by Gasteiger charge is 2.28. The third kappa shape index (κ3) is 3.52. The van der Waals surface area contributed by atoms with Crippen LogP contribution >= 0.6 is 22.9 Å². The highest BCUT2D eigenvalue weighted by Crippen LogP contribution is 2.34. The number of fused-ring (bicyclic) bond motifs is 1. The molecular formula is C19H16ClN3O3S. The zero-order chi connectivity index (χ0) is 19.0. The lowest BCUT2D eigenvalue weighted by Crippen LogP contribution is -2.39. The lowest BCUT2D eigenvalue weighted by Gasteiger charge is -2.31. The fourth-order valence-electron chi connectivity index (χ4n) is 3.40. The fourth-order valence-corrected chi connectivity index (χ4v) is 4.68. The smallest absolute Gasteiger partial charge is 0.288 e. The van der Waals surface area contributed by atoms with Crippen molar-refractivity contribution in [3.8, 4) is 0 Å². The van der Waals surface area contributed by atoms with E-state index in [2.05, 4.69) is 6.07 Å². The van der Waals surface area contributed by atoms with Crippen molar-refractivity contribution in [3.05, 3.63) is 68.2 Å². The molecule has 138 valence electrons. The second kappa shape index (κ2) is 7.25. The molecule has 27 heavy (non-hydrogen) atoms. The van der Waals surface area contributed by atoms with Gasteiger partial charge in [-0.3, -0.25) is 14.9 Å². The van der Waals surface area contributed by atoms with Crippen LogP contribution in [0.1, 0.15) is 34.1 Å². The Kier molecular flexibility index (Phi) is 4.80. The molecule has 6 nitrogen and oxygen atoms in total. The second-order valence-corrected chi connectivity index (χ2v) is 8.00. The molecule has 1 fully saturated rings. The summed E-state index contributed by atoms with van der Waals surface area (Å²) in [4.78, 5) is 29.9. The number of nitrogens with zero attached hydrogens (tertiary/aromatic N) is 3. The first-order valence-corrected chi connectivity index (χ1v) is 9.81. The standard InChI is InChI=1S/C19H16ClN3O3S/c20-14-8-7-12(10-16(14)23(25)26)19(24)22-9-3-4-13(11-22)18-21-15-5-1-2-6-17(15)27-18/h1-2,5-8,10,13H,3-4,9,11H2/t13-/m1/s1. The predicted molar refractivity (Wildman–Crippen MR) is 106 cm³/mol. The number of carbonyl (C=O) groups excluding carboxylic acids is 1. The number of piperidine rings is 1. The summed E-state index contributed by atoms with van der Waals surface area (Å²) in [6.07, 6.45) is 1.85. The molecule has 2 heterocycles. The highest BCUT2D eigenvalue weighted by atomic mass is 35.5. The highest BCUT2D eigenvalue weighted by molar-refractivity contribution is 7.18. The average molecular weight is 402 g/mol. The minimum atomic E-state index is -0.570. The van der Waals surface area contributed by atoms with Gasteiger partial charge in [-0.05, 0) is 37.1 Å². The van der Waals surface area contributed by atoms with Crippen LogP contribution < -0.4 is 0 Å². The van der Waals surface area contributed by atoms with Crippen molar-refractivity contribution < 1.29 is 9.72 Å². The Morgan fingerprint density at radius 3 is 2.89 bits per heavy atom. The van der Waals surface area contributed by atoms with E-state index < -0.39 is 4.92 Å². The van der Waals surface area contributed by atoms with E-state index in [0.29, 0.717) is 13.1 Å². The first kappa shape index (κ1) is 17.9. The first-order chi connectivity index (χ1) is 13.0. The van der Waals surface area contributed by atoms with Gasteiger partial charge >= 0.3 is 0 Å². The largest absolute Gasteiger partial charge is 0.338 e. The van der Waals surface area contributed by atoms with Gasteiger partial charge in [-0.25, -0.2) is 4.98 Å². The molecule has 8 heteroatoms. The molecule has 1 saturated heterocycles. The summed E-state index contributed by atoms with van der Waals surface area (Å²) in [5.41, 5.74) is 1.02. The molecule has 1 aliphatic heterocycles. The number of halogens is 1. The summed E-state index contributed by atoms with van der Waals surface area (Å²) in [5.74, 6) is -0.0250. The van der Waals surface area contributed by atoms with Gasteiger partial charge < -0.3 is 4.90 Å². The minimum absolute atomic E-state index is 0.0301. The van der Waals surface area contributed by atoms with E-state index in [1.165, 1.54) is 12.1 Å². The number of likely N-dealkylation sites (tertiary alicyclic amines) is 1. The van der Waals surface area contributed by atoms with Crippen molar-refractivity contribution >= 4 is 44.7 Å². The molecule has 4 rings (SSSR count). The van der Waals surface area contributed by atoms with Gasteiger partial charge in [0.1, 0.15) is 5.02 Å². The summed E-state index contributed by atoms with van der Waals surface area (Å²) >= 11 is 7.52. The second-order valence-electron chi connectivity index (χ2n) is 6.53. The van der Waals surface area contributed by atoms with E-state index in [1.807, 2.05) is 18.2 Å². The Balaban J connectivity index is 1.56. The number of amides is 1. The minimum Gasteiger partial charge on any atom is -0.338 e. The number of carbonyl (C=O) groups is 1.